The van der Waals surface area contributed by atoms with Gasteiger partial charge < -0.3 is 5.32 Å². The van der Waals surface area contributed by atoms with Crippen molar-refractivity contribution in [1.82, 2.24) is 13.4 Å². The summed E-state index contributed by atoms with van der Waals surface area (Å²) in [6.07, 6.45) is 0.811. The van der Waals surface area contributed by atoms with Crippen LogP contribution in [0.2, 0.25) is 0 Å². The molecule has 10 heteroatoms. The normalized spacial score (nSPS) is 11.8. The maximum atomic E-state index is 13.0. The number of hydrogen-bond donors (Lipinski definition) is 1. The van der Waals surface area contributed by atoms with Gasteiger partial charge >= 0.3 is 5.69 Å². The summed E-state index contributed by atoms with van der Waals surface area (Å²) < 4.78 is 29.1. The van der Waals surface area contributed by atoms with Gasteiger partial charge in [0.25, 0.3) is 5.56 Å². The molecule has 0 unspecified atom stereocenters. The average Bonchev–Trinajstić information content (AvgIpc) is 2.75. The zero-order chi connectivity index (χ0) is 22.9. The Bertz CT molecular complexity index is 1390. The van der Waals surface area contributed by atoms with Crippen LogP contribution in [0.5, 0.6) is 0 Å². The molecule has 0 fully saturated rings. The molecule has 0 bridgehead atoms. The summed E-state index contributed by atoms with van der Waals surface area (Å²) in [5.41, 5.74) is 0.861. The summed E-state index contributed by atoms with van der Waals surface area (Å²) in [6, 6.07) is 11.3. The average molecular weight is 445 g/mol. The first-order valence-corrected chi connectivity index (χ1v) is 11.0. The molecule has 3 rings (SSSR count). The number of rotatable bonds is 6. The minimum atomic E-state index is -4.05. The van der Waals surface area contributed by atoms with Crippen LogP contribution in [-0.4, -0.2) is 41.4 Å². The van der Waals surface area contributed by atoms with Crippen LogP contribution in [0.3, 0.4) is 0 Å². The van der Waals surface area contributed by atoms with E-state index in [1.54, 1.807) is 6.07 Å². The highest BCUT2D eigenvalue weighted by Gasteiger charge is 2.24. The van der Waals surface area contributed by atoms with Gasteiger partial charge in [0.05, 0.1) is 22.3 Å². The minimum Gasteiger partial charge on any atom is -0.325 e. The molecule has 3 aromatic rings. The van der Waals surface area contributed by atoms with Gasteiger partial charge in [-0.15, -0.1) is 0 Å². The number of nitrogens with zero attached hydrogens (tertiary/aromatic N) is 3. The van der Waals surface area contributed by atoms with Gasteiger partial charge in [0.1, 0.15) is 0 Å². The summed E-state index contributed by atoms with van der Waals surface area (Å²) in [6.45, 7) is 1.60. The largest absolute Gasteiger partial charge is 0.330 e. The van der Waals surface area contributed by atoms with Crippen LogP contribution in [-0.2, 0) is 35.3 Å². The van der Waals surface area contributed by atoms with Crippen LogP contribution in [0, 0.1) is 0 Å². The fourth-order valence-corrected chi connectivity index (χ4v) is 4.43. The van der Waals surface area contributed by atoms with E-state index in [9.17, 15) is 22.8 Å². The third-order valence-electron chi connectivity index (χ3n) is 5.13. The Labute approximate surface area is 179 Å². The molecular formula is C21H24N4O5S. The van der Waals surface area contributed by atoms with Gasteiger partial charge in [0.15, 0.2) is 0 Å². The number of likely N-dealkylation sites (N-methyl/N-ethyl adjacent to an activating group) is 1. The van der Waals surface area contributed by atoms with Crippen LogP contribution in [0.4, 0.5) is 5.69 Å². The van der Waals surface area contributed by atoms with Crippen molar-refractivity contribution in [3.8, 4) is 0 Å². The molecule has 0 saturated carbocycles. The molecule has 0 atom stereocenters. The van der Waals surface area contributed by atoms with E-state index >= 15 is 0 Å². The summed E-state index contributed by atoms with van der Waals surface area (Å²) in [7, 11) is 0.0768. The molecule has 31 heavy (non-hydrogen) atoms. The Hall–Kier alpha value is -3.24. The lowest BCUT2D eigenvalue weighted by atomic mass is 10.1. The third kappa shape index (κ3) is 4.30. The molecule has 1 aromatic heterocycles. The molecule has 0 aliphatic rings. The topological polar surface area (TPSA) is 110 Å². The molecule has 1 heterocycles. The van der Waals surface area contributed by atoms with Crippen molar-refractivity contribution in [2.24, 2.45) is 14.1 Å². The minimum absolute atomic E-state index is 0.0971. The number of amides is 1. The summed E-state index contributed by atoms with van der Waals surface area (Å²) >= 11 is 0. The van der Waals surface area contributed by atoms with E-state index in [0.29, 0.717) is 11.2 Å². The van der Waals surface area contributed by atoms with Crippen LogP contribution in [0.15, 0.2) is 56.9 Å². The molecule has 9 nitrogen and oxygen atoms in total. The maximum Gasteiger partial charge on any atom is 0.330 e. The second kappa shape index (κ2) is 8.48. The Morgan fingerprint density at radius 2 is 1.77 bits per heavy atom. The quantitative estimate of drug-likeness (QED) is 0.611. The van der Waals surface area contributed by atoms with Gasteiger partial charge in [0.2, 0.25) is 15.9 Å². The van der Waals surface area contributed by atoms with Gasteiger partial charge in [-0.3, -0.25) is 18.7 Å². The van der Waals surface area contributed by atoms with E-state index in [1.165, 1.54) is 43.9 Å². The molecule has 0 radical (unpaired) electrons. The molecule has 164 valence electrons. The number of sulfonamides is 1. The van der Waals surface area contributed by atoms with Gasteiger partial charge in [-0.2, -0.15) is 4.31 Å². The Morgan fingerprint density at radius 3 is 2.45 bits per heavy atom. The first-order valence-electron chi connectivity index (χ1n) is 9.61. The van der Waals surface area contributed by atoms with Gasteiger partial charge in [0, 0.05) is 26.8 Å². The highest BCUT2D eigenvalue weighted by molar-refractivity contribution is 7.89. The van der Waals surface area contributed by atoms with E-state index in [0.717, 1.165) is 20.9 Å². The summed E-state index contributed by atoms with van der Waals surface area (Å²) in [5, 5.41) is 2.79. The number of carbonyl (C=O) groups is 1. The van der Waals surface area contributed by atoms with E-state index in [2.05, 4.69) is 5.32 Å². The van der Waals surface area contributed by atoms with Crippen molar-refractivity contribution in [3.63, 3.8) is 0 Å². The third-order valence-corrected chi connectivity index (χ3v) is 6.93. The Morgan fingerprint density at radius 1 is 1.06 bits per heavy atom. The summed E-state index contributed by atoms with van der Waals surface area (Å²) in [5.74, 6) is -0.488. The molecule has 1 N–H and O–H groups in total. The van der Waals surface area contributed by atoms with Crippen LogP contribution < -0.4 is 16.6 Å². The van der Waals surface area contributed by atoms with E-state index in [4.69, 9.17) is 0 Å². The molecule has 0 spiro atoms. The first-order chi connectivity index (χ1) is 14.6. The second-order valence-corrected chi connectivity index (χ2v) is 9.29. The Kier molecular flexibility index (Phi) is 6.14. The summed E-state index contributed by atoms with van der Waals surface area (Å²) in [4.78, 5) is 36.8. The predicted octanol–water partition coefficient (Wildman–Crippen LogP) is 1.06. The molecule has 0 aliphatic carbocycles. The molecule has 1 amide bonds. The van der Waals surface area contributed by atoms with Gasteiger partial charge in [-0.05, 0) is 42.3 Å². The molecular weight excluding hydrogens is 420 g/mol. The van der Waals surface area contributed by atoms with Gasteiger partial charge in [-0.1, -0.05) is 19.1 Å². The fraction of sp³-hybridized carbons (Fsp3) is 0.286. The predicted molar refractivity (Wildman–Crippen MR) is 119 cm³/mol. The zero-order valence-electron chi connectivity index (χ0n) is 17.7. The molecule has 0 saturated heterocycles. The van der Waals surface area contributed by atoms with Crippen molar-refractivity contribution in [3.05, 3.63) is 68.9 Å². The number of benzene rings is 2. The van der Waals surface area contributed by atoms with Crippen LogP contribution in [0.1, 0.15) is 12.5 Å². The number of carbonyl (C=O) groups excluding carboxylic acids is 1. The fourth-order valence-electron chi connectivity index (χ4n) is 3.27. The molecule has 0 aliphatic heterocycles. The zero-order valence-corrected chi connectivity index (χ0v) is 18.6. The number of aryl methyl sites for hydroxylation is 2. The lowest BCUT2D eigenvalue weighted by molar-refractivity contribution is -0.116. The lowest BCUT2D eigenvalue weighted by Gasteiger charge is -2.18. The van der Waals surface area contributed by atoms with Crippen LogP contribution >= 0.6 is 0 Å². The Balaban J connectivity index is 1.88. The number of anilines is 1. The highest BCUT2D eigenvalue weighted by atomic mass is 32.2. The number of aromatic nitrogens is 2. The lowest BCUT2D eigenvalue weighted by Crippen LogP contribution is -2.37. The standard InChI is InChI=1S/C21H24N4O5S/c1-5-14-7-6-8-15(11-14)22-19(26)13-23(2)31(29,30)16-9-10-18-17(12-16)20(27)25(4)21(28)24(18)3/h6-12H,5,13H2,1-4H3,(H,22,26). The maximum absolute atomic E-state index is 13.0. The second-order valence-electron chi connectivity index (χ2n) is 7.25. The van der Waals surface area contributed by atoms with E-state index < -0.39 is 33.7 Å². The number of nitrogens with one attached hydrogen (secondary N) is 1. The van der Waals surface area contributed by atoms with E-state index in [1.807, 2.05) is 25.1 Å². The van der Waals surface area contributed by atoms with Gasteiger partial charge in [-0.25, -0.2) is 13.2 Å². The van der Waals surface area contributed by atoms with Crippen molar-refractivity contribution in [1.29, 1.82) is 0 Å². The monoisotopic (exact) mass is 444 g/mol. The van der Waals surface area contributed by atoms with Crippen molar-refractivity contribution in [2.45, 2.75) is 18.2 Å². The number of fused-ring (bicyclic) bond motifs is 1. The SMILES string of the molecule is CCc1cccc(NC(=O)CN(C)S(=O)(=O)c2ccc3c(c2)c(=O)n(C)c(=O)n3C)c1. The van der Waals surface area contributed by atoms with Crippen molar-refractivity contribution in [2.75, 3.05) is 18.9 Å². The number of hydrogen-bond acceptors (Lipinski definition) is 5. The van der Waals surface area contributed by atoms with Crippen molar-refractivity contribution < 1.29 is 13.2 Å². The highest BCUT2D eigenvalue weighted by Crippen LogP contribution is 2.19. The first kappa shape index (κ1) is 22.4. The van der Waals surface area contributed by atoms with Crippen LogP contribution in [0.25, 0.3) is 10.9 Å². The van der Waals surface area contributed by atoms with Crippen molar-refractivity contribution >= 4 is 32.5 Å². The van der Waals surface area contributed by atoms with E-state index in [-0.39, 0.29) is 10.3 Å². The molecule has 2 aromatic carbocycles. The smallest absolute Gasteiger partial charge is 0.325 e.